The van der Waals surface area contributed by atoms with Crippen molar-refractivity contribution in [2.75, 3.05) is 18.5 Å². The number of hydrogen-bond acceptors (Lipinski definition) is 3. The van der Waals surface area contributed by atoms with Gasteiger partial charge in [0.1, 0.15) is 6.17 Å². The summed E-state index contributed by atoms with van der Waals surface area (Å²) >= 11 is 3.53. The lowest BCUT2D eigenvalue weighted by Crippen LogP contribution is -2.46. The lowest BCUT2D eigenvalue weighted by molar-refractivity contribution is 0.0427. The Hall–Kier alpha value is -1.85. The highest BCUT2D eigenvalue weighted by molar-refractivity contribution is 9.10. The fraction of sp³-hybridized carbons (Fsp3) is 0.316. The van der Waals surface area contributed by atoms with Crippen molar-refractivity contribution < 1.29 is 9.53 Å². The Morgan fingerprint density at radius 2 is 2.08 bits per heavy atom. The van der Waals surface area contributed by atoms with Gasteiger partial charge in [-0.15, -0.1) is 0 Å². The van der Waals surface area contributed by atoms with Gasteiger partial charge in [-0.2, -0.15) is 0 Å². The summed E-state index contributed by atoms with van der Waals surface area (Å²) in [6, 6.07) is 15.8. The molecule has 0 unspecified atom stereocenters. The van der Waals surface area contributed by atoms with Crippen LogP contribution in [0.1, 0.15) is 34.9 Å². The Morgan fingerprint density at radius 3 is 2.88 bits per heavy atom. The zero-order valence-corrected chi connectivity index (χ0v) is 14.8. The number of para-hydroxylation sites is 1. The number of carbonyl (C=O) groups excluding carboxylic acids is 1. The Balaban J connectivity index is 1.72. The molecule has 0 aliphatic carbocycles. The van der Waals surface area contributed by atoms with E-state index >= 15 is 0 Å². The Kier molecular flexibility index (Phi) is 4.29. The lowest BCUT2D eigenvalue weighted by atomic mass is 10.0. The van der Waals surface area contributed by atoms with Crippen molar-refractivity contribution >= 4 is 27.5 Å². The van der Waals surface area contributed by atoms with Gasteiger partial charge >= 0.3 is 0 Å². The van der Waals surface area contributed by atoms with Gasteiger partial charge in [-0.3, -0.25) is 4.79 Å². The van der Waals surface area contributed by atoms with Crippen molar-refractivity contribution in [3.63, 3.8) is 0 Å². The van der Waals surface area contributed by atoms with E-state index in [-0.39, 0.29) is 18.2 Å². The van der Waals surface area contributed by atoms with Crippen LogP contribution in [0.4, 0.5) is 5.69 Å². The zero-order valence-electron chi connectivity index (χ0n) is 13.2. The summed E-state index contributed by atoms with van der Waals surface area (Å²) in [7, 11) is 0. The van der Waals surface area contributed by atoms with Crippen molar-refractivity contribution in [1.82, 2.24) is 4.90 Å². The number of hydrogen-bond donors (Lipinski definition) is 1. The van der Waals surface area contributed by atoms with Crippen molar-refractivity contribution in [3.05, 3.63) is 64.1 Å². The third-order valence-corrected chi connectivity index (χ3v) is 5.10. The smallest absolute Gasteiger partial charge is 0.257 e. The highest BCUT2D eigenvalue weighted by atomic mass is 79.9. The predicted octanol–water partition coefficient (Wildman–Crippen LogP) is 4.19. The molecule has 2 aromatic rings. The number of halogens is 1. The Bertz CT molecular complexity index is 759. The van der Waals surface area contributed by atoms with Gasteiger partial charge in [-0.05, 0) is 42.7 Å². The van der Waals surface area contributed by atoms with E-state index in [2.05, 4.69) is 27.3 Å². The first kappa shape index (κ1) is 15.7. The number of ether oxygens (including phenoxy) is 1. The van der Waals surface area contributed by atoms with Crippen LogP contribution in [0.25, 0.3) is 0 Å². The fourth-order valence-corrected chi connectivity index (χ4v) is 3.85. The van der Waals surface area contributed by atoms with E-state index in [9.17, 15) is 4.79 Å². The van der Waals surface area contributed by atoms with Gasteiger partial charge < -0.3 is 15.0 Å². The van der Waals surface area contributed by atoms with Gasteiger partial charge in [0.2, 0.25) is 0 Å². The van der Waals surface area contributed by atoms with Crippen molar-refractivity contribution in [3.8, 4) is 0 Å². The van der Waals surface area contributed by atoms with Gasteiger partial charge in [-0.25, -0.2) is 0 Å². The van der Waals surface area contributed by atoms with E-state index < -0.39 is 0 Å². The average Bonchev–Trinajstić information content (AvgIpc) is 3.10. The third-order valence-electron chi connectivity index (χ3n) is 4.61. The first-order valence-electron chi connectivity index (χ1n) is 8.26. The van der Waals surface area contributed by atoms with Gasteiger partial charge in [0.15, 0.2) is 0 Å². The van der Waals surface area contributed by atoms with Crippen LogP contribution in [-0.2, 0) is 4.74 Å². The maximum absolute atomic E-state index is 13.1. The molecule has 1 saturated heterocycles. The SMILES string of the molecule is O=C1c2ccccc2N[C@H](c2cccc(Br)c2)N1C[C@@H]1CCCO1. The first-order valence-corrected chi connectivity index (χ1v) is 9.05. The van der Waals surface area contributed by atoms with Crippen LogP contribution < -0.4 is 5.32 Å². The van der Waals surface area contributed by atoms with E-state index in [1.807, 2.05) is 47.4 Å². The first-order chi connectivity index (χ1) is 11.7. The largest absolute Gasteiger partial charge is 0.376 e. The molecule has 0 aromatic heterocycles. The summed E-state index contributed by atoms with van der Waals surface area (Å²) in [5.74, 6) is 0.0600. The molecule has 24 heavy (non-hydrogen) atoms. The zero-order chi connectivity index (χ0) is 16.5. The predicted molar refractivity (Wildman–Crippen MR) is 97.0 cm³/mol. The third kappa shape index (κ3) is 2.94. The summed E-state index contributed by atoms with van der Waals surface area (Å²) in [5, 5.41) is 3.52. The summed E-state index contributed by atoms with van der Waals surface area (Å²) in [6.45, 7) is 1.40. The molecule has 0 saturated carbocycles. The van der Waals surface area contributed by atoms with Crippen molar-refractivity contribution in [2.45, 2.75) is 25.1 Å². The maximum atomic E-state index is 13.1. The van der Waals surface area contributed by atoms with E-state index in [0.29, 0.717) is 6.54 Å². The molecule has 124 valence electrons. The molecule has 4 rings (SSSR count). The summed E-state index contributed by atoms with van der Waals surface area (Å²) < 4.78 is 6.77. The van der Waals surface area contributed by atoms with Crippen LogP contribution in [0.15, 0.2) is 53.0 Å². The quantitative estimate of drug-likeness (QED) is 0.859. The minimum Gasteiger partial charge on any atom is -0.376 e. The topological polar surface area (TPSA) is 41.6 Å². The van der Waals surface area contributed by atoms with E-state index in [4.69, 9.17) is 4.74 Å². The van der Waals surface area contributed by atoms with Crippen LogP contribution in [0.2, 0.25) is 0 Å². The molecular formula is C19H19BrN2O2. The van der Waals surface area contributed by atoms with Crippen LogP contribution in [0.5, 0.6) is 0 Å². The molecular weight excluding hydrogens is 368 g/mol. The molecule has 2 aliphatic heterocycles. The van der Waals surface area contributed by atoms with E-state index in [0.717, 1.165) is 40.7 Å². The van der Waals surface area contributed by atoms with E-state index in [1.54, 1.807) is 0 Å². The number of fused-ring (bicyclic) bond motifs is 1. The minimum atomic E-state index is -0.186. The second-order valence-corrected chi connectivity index (χ2v) is 7.16. The Morgan fingerprint density at radius 1 is 1.21 bits per heavy atom. The highest BCUT2D eigenvalue weighted by Gasteiger charge is 2.35. The molecule has 1 amide bonds. The second-order valence-electron chi connectivity index (χ2n) is 6.24. The standard InChI is InChI=1S/C19H19BrN2O2/c20-14-6-3-5-13(11-14)18-21-17-9-2-1-8-16(17)19(23)22(18)12-15-7-4-10-24-15/h1-3,5-6,8-9,11,15,18,21H,4,7,10,12H2/t15-,18-/m0/s1. The summed E-state index contributed by atoms with van der Waals surface area (Å²) in [6.07, 6.45) is 2.01. The number of benzene rings is 2. The van der Waals surface area contributed by atoms with Crippen LogP contribution >= 0.6 is 15.9 Å². The molecule has 1 N–H and O–H groups in total. The number of anilines is 1. The Labute approximate surface area is 149 Å². The van der Waals surface area contributed by atoms with Gasteiger partial charge in [0, 0.05) is 23.3 Å². The van der Waals surface area contributed by atoms with E-state index in [1.165, 1.54) is 0 Å². The molecule has 2 atom stereocenters. The van der Waals surface area contributed by atoms with Crippen molar-refractivity contribution in [1.29, 1.82) is 0 Å². The summed E-state index contributed by atoms with van der Waals surface area (Å²) in [5.41, 5.74) is 2.67. The molecule has 4 nitrogen and oxygen atoms in total. The molecule has 0 bridgehead atoms. The number of nitrogens with one attached hydrogen (secondary N) is 1. The van der Waals surface area contributed by atoms with Crippen LogP contribution in [-0.4, -0.2) is 30.1 Å². The molecule has 1 fully saturated rings. The summed E-state index contributed by atoms with van der Waals surface area (Å²) in [4.78, 5) is 15.0. The molecule has 2 heterocycles. The minimum absolute atomic E-state index is 0.0600. The lowest BCUT2D eigenvalue weighted by Gasteiger charge is -2.39. The molecule has 2 aliphatic rings. The number of amides is 1. The average molecular weight is 387 g/mol. The molecule has 0 radical (unpaired) electrons. The number of nitrogens with zero attached hydrogens (tertiary/aromatic N) is 1. The molecule has 2 aromatic carbocycles. The maximum Gasteiger partial charge on any atom is 0.257 e. The second kappa shape index (κ2) is 6.57. The highest BCUT2D eigenvalue weighted by Crippen LogP contribution is 2.34. The fourth-order valence-electron chi connectivity index (χ4n) is 3.43. The van der Waals surface area contributed by atoms with Gasteiger partial charge in [0.25, 0.3) is 5.91 Å². The van der Waals surface area contributed by atoms with Gasteiger partial charge in [-0.1, -0.05) is 40.2 Å². The number of carbonyl (C=O) groups is 1. The monoisotopic (exact) mass is 386 g/mol. The molecule has 5 heteroatoms. The number of rotatable bonds is 3. The van der Waals surface area contributed by atoms with Crippen LogP contribution in [0.3, 0.4) is 0 Å². The van der Waals surface area contributed by atoms with Gasteiger partial charge in [0.05, 0.1) is 11.7 Å². The normalized spacial score (nSPS) is 23.0. The van der Waals surface area contributed by atoms with Crippen LogP contribution in [0, 0.1) is 0 Å². The molecule has 0 spiro atoms. The van der Waals surface area contributed by atoms with Crippen molar-refractivity contribution in [2.24, 2.45) is 0 Å².